The highest BCUT2D eigenvalue weighted by Gasteiger charge is 2.30. The van der Waals surface area contributed by atoms with E-state index in [1.807, 2.05) is 51.1 Å². The van der Waals surface area contributed by atoms with Crippen LogP contribution in [0.2, 0.25) is 0 Å². The molecular formula is C23H25N5O4S3. The Bertz CT molecular complexity index is 1510. The Kier molecular flexibility index (Phi) is 6.71. The summed E-state index contributed by atoms with van der Waals surface area (Å²) < 4.78 is 58.3. The van der Waals surface area contributed by atoms with E-state index in [1.54, 1.807) is 10.1 Å². The van der Waals surface area contributed by atoms with Gasteiger partial charge in [-0.25, -0.2) is 21.8 Å². The van der Waals surface area contributed by atoms with Crippen molar-refractivity contribution in [1.29, 1.82) is 0 Å². The van der Waals surface area contributed by atoms with Gasteiger partial charge in [-0.1, -0.05) is 51.1 Å². The van der Waals surface area contributed by atoms with Gasteiger partial charge in [0, 0.05) is 28.9 Å². The van der Waals surface area contributed by atoms with Crippen LogP contribution in [0.15, 0.2) is 82.2 Å². The van der Waals surface area contributed by atoms with Gasteiger partial charge in [0.1, 0.15) is 4.90 Å². The van der Waals surface area contributed by atoms with Crippen LogP contribution in [-0.4, -0.2) is 31.6 Å². The molecule has 0 aliphatic rings. The first kappa shape index (κ1) is 24.9. The molecule has 0 aliphatic carbocycles. The largest absolute Gasteiger partial charge is 0.280 e. The summed E-state index contributed by atoms with van der Waals surface area (Å²) in [6.07, 6.45) is 3.01. The molecule has 2 N–H and O–H groups in total. The number of thiazole rings is 1. The van der Waals surface area contributed by atoms with E-state index in [4.69, 9.17) is 0 Å². The Hall–Kier alpha value is -3.22. The van der Waals surface area contributed by atoms with Crippen molar-refractivity contribution >= 4 is 42.2 Å². The van der Waals surface area contributed by atoms with Gasteiger partial charge in [0.2, 0.25) is 0 Å². The lowest BCUT2D eigenvalue weighted by Crippen LogP contribution is -2.20. The molecule has 12 heteroatoms. The third-order valence-electron chi connectivity index (χ3n) is 4.99. The monoisotopic (exact) mass is 531 g/mol. The molecule has 0 atom stereocenters. The van der Waals surface area contributed by atoms with Gasteiger partial charge in [-0.15, -0.1) is 11.3 Å². The fraction of sp³-hybridized carbons (Fsp3) is 0.217. The minimum absolute atomic E-state index is 0.0123. The van der Waals surface area contributed by atoms with E-state index < -0.39 is 25.5 Å². The van der Waals surface area contributed by atoms with Gasteiger partial charge >= 0.3 is 0 Å². The molecule has 2 aromatic carbocycles. The zero-order valence-corrected chi connectivity index (χ0v) is 21.8. The second-order valence-corrected chi connectivity index (χ2v) is 13.1. The van der Waals surface area contributed by atoms with Crippen LogP contribution in [0.4, 0.5) is 10.8 Å². The zero-order chi connectivity index (χ0) is 25.3. The lowest BCUT2D eigenvalue weighted by molar-refractivity contribution is 0.533. The number of nitrogens with zero attached hydrogens (tertiary/aromatic N) is 3. The smallest absolute Gasteiger partial charge is 0.265 e. The molecule has 0 bridgehead atoms. The number of aromatic nitrogens is 3. The first-order valence-corrected chi connectivity index (χ1v) is 14.5. The maximum absolute atomic E-state index is 13.3. The Morgan fingerprint density at radius 1 is 0.914 bits per heavy atom. The van der Waals surface area contributed by atoms with Gasteiger partial charge in [-0.2, -0.15) is 5.10 Å². The number of rotatable bonds is 8. The number of nitrogens with one attached hydrogen (secondary N) is 2. The quantitative estimate of drug-likeness (QED) is 0.350. The third-order valence-corrected chi connectivity index (χ3v) is 8.54. The van der Waals surface area contributed by atoms with Crippen molar-refractivity contribution in [2.75, 3.05) is 9.44 Å². The van der Waals surface area contributed by atoms with Crippen molar-refractivity contribution in [3.63, 3.8) is 0 Å². The van der Waals surface area contributed by atoms with Crippen molar-refractivity contribution < 1.29 is 16.8 Å². The van der Waals surface area contributed by atoms with Gasteiger partial charge in [0.15, 0.2) is 5.13 Å². The lowest BCUT2D eigenvalue weighted by atomic mass is 9.92. The number of hydrogen-bond donors (Lipinski definition) is 2. The van der Waals surface area contributed by atoms with Crippen molar-refractivity contribution in [2.24, 2.45) is 0 Å². The highest BCUT2D eigenvalue weighted by Crippen LogP contribution is 2.29. The summed E-state index contributed by atoms with van der Waals surface area (Å²) in [5, 5.41) is 6.48. The van der Waals surface area contributed by atoms with Crippen LogP contribution in [0, 0.1) is 0 Å². The summed E-state index contributed by atoms with van der Waals surface area (Å²) in [6, 6.07) is 15.1. The van der Waals surface area contributed by atoms with Crippen LogP contribution in [0.3, 0.4) is 0 Å². The van der Waals surface area contributed by atoms with E-state index in [2.05, 4.69) is 19.5 Å². The predicted molar refractivity (Wildman–Crippen MR) is 137 cm³/mol. The third kappa shape index (κ3) is 5.89. The molecule has 0 fully saturated rings. The van der Waals surface area contributed by atoms with Crippen molar-refractivity contribution in [2.45, 2.75) is 42.5 Å². The van der Waals surface area contributed by atoms with Gasteiger partial charge in [0.05, 0.1) is 17.1 Å². The second kappa shape index (κ2) is 9.44. The Labute approximate surface area is 209 Å². The molecule has 0 spiro atoms. The molecule has 184 valence electrons. The molecule has 0 radical (unpaired) electrons. The maximum Gasteiger partial charge on any atom is 0.265 e. The Morgan fingerprint density at radius 3 is 2.20 bits per heavy atom. The standard InChI is InChI=1S/C23H25N5O4S3/c1-23(2,3)21-20(16-28(25-21)15-17-7-5-4-6-8-17)35(31,32)26-18-9-11-19(12-10-18)34(29,30)27-22-24-13-14-33-22/h4-14,16,26H,15H2,1-3H3,(H,24,27). The zero-order valence-electron chi connectivity index (χ0n) is 19.3. The van der Waals surface area contributed by atoms with E-state index in [0.717, 1.165) is 16.9 Å². The number of benzene rings is 2. The van der Waals surface area contributed by atoms with Crippen molar-refractivity contribution in [3.8, 4) is 0 Å². The van der Waals surface area contributed by atoms with E-state index in [0.29, 0.717) is 12.2 Å². The van der Waals surface area contributed by atoms with Crippen LogP contribution < -0.4 is 9.44 Å². The first-order chi connectivity index (χ1) is 16.4. The topological polar surface area (TPSA) is 123 Å². The molecule has 2 aromatic heterocycles. The van der Waals surface area contributed by atoms with E-state index in [9.17, 15) is 16.8 Å². The van der Waals surface area contributed by atoms with E-state index in [-0.39, 0.29) is 20.6 Å². The molecule has 9 nitrogen and oxygen atoms in total. The molecule has 0 unspecified atom stereocenters. The Morgan fingerprint density at radius 2 is 1.60 bits per heavy atom. The van der Waals surface area contributed by atoms with Gasteiger partial charge < -0.3 is 0 Å². The molecule has 0 saturated heterocycles. The summed E-state index contributed by atoms with van der Waals surface area (Å²) >= 11 is 1.16. The number of anilines is 2. The summed E-state index contributed by atoms with van der Waals surface area (Å²) in [7, 11) is -7.84. The van der Waals surface area contributed by atoms with Gasteiger partial charge in [-0.3, -0.25) is 14.1 Å². The van der Waals surface area contributed by atoms with Crippen LogP contribution in [0.1, 0.15) is 32.0 Å². The number of sulfonamides is 2. The minimum Gasteiger partial charge on any atom is -0.280 e. The van der Waals surface area contributed by atoms with Crippen LogP contribution >= 0.6 is 11.3 Å². The van der Waals surface area contributed by atoms with Crippen molar-refractivity contribution in [3.05, 3.63) is 83.6 Å². The molecule has 4 aromatic rings. The minimum atomic E-state index is -3.99. The highest BCUT2D eigenvalue weighted by molar-refractivity contribution is 7.93. The fourth-order valence-corrected chi connectivity index (χ4v) is 6.54. The summed E-state index contributed by atoms with van der Waals surface area (Å²) in [6.45, 7) is 6.13. The fourth-order valence-electron chi connectivity index (χ4n) is 3.33. The second-order valence-electron chi connectivity index (χ2n) is 8.85. The predicted octanol–water partition coefficient (Wildman–Crippen LogP) is 4.29. The average Bonchev–Trinajstić information content (AvgIpc) is 3.44. The van der Waals surface area contributed by atoms with Crippen molar-refractivity contribution in [1.82, 2.24) is 14.8 Å². The lowest BCUT2D eigenvalue weighted by Gasteiger charge is -2.18. The normalized spacial score (nSPS) is 12.4. The summed E-state index contributed by atoms with van der Waals surface area (Å²) in [5.74, 6) is 0. The van der Waals surface area contributed by atoms with Crippen LogP contribution in [0.25, 0.3) is 0 Å². The van der Waals surface area contributed by atoms with Crippen LogP contribution in [-0.2, 0) is 32.0 Å². The van der Waals surface area contributed by atoms with E-state index >= 15 is 0 Å². The maximum atomic E-state index is 13.3. The highest BCUT2D eigenvalue weighted by atomic mass is 32.2. The molecule has 0 saturated carbocycles. The average molecular weight is 532 g/mol. The molecule has 4 rings (SSSR count). The SMILES string of the molecule is CC(C)(C)c1nn(Cc2ccccc2)cc1S(=O)(=O)Nc1ccc(S(=O)(=O)Nc2nccs2)cc1. The molecule has 0 aliphatic heterocycles. The molecule has 0 amide bonds. The molecule has 35 heavy (non-hydrogen) atoms. The molecule has 2 heterocycles. The first-order valence-electron chi connectivity index (χ1n) is 10.6. The van der Waals surface area contributed by atoms with Gasteiger partial charge in [0.25, 0.3) is 20.0 Å². The van der Waals surface area contributed by atoms with E-state index in [1.165, 1.54) is 36.7 Å². The van der Waals surface area contributed by atoms with Gasteiger partial charge in [-0.05, 0) is 29.8 Å². The Balaban J connectivity index is 1.59. The molecular weight excluding hydrogens is 506 g/mol. The van der Waals surface area contributed by atoms with Crippen LogP contribution in [0.5, 0.6) is 0 Å². The summed E-state index contributed by atoms with van der Waals surface area (Å²) in [4.78, 5) is 3.97. The summed E-state index contributed by atoms with van der Waals surface area (Å²) in [5.41, 5.74) is 1.14. The number of hydrogen-bond acceptors (Lipinski definition) is 7.